The first-order valence-electron chi connectivity index (χ1n) is 28.4. The minimum Gasteiger partial charge on any atom is -0.478 e. The fraction of sp³-hybridized carbons (Fsp3) is 0.354. The topological polar surface area (TPSA) is 227 Å². The highest BCUT2D eigenvalue weighted by Gasteiger charge is 2.32. The van der Waals surface area contributed by atoms with Gasteiger partial charge in [0, 0.05) is 98.7 Å². The number of carbonyl (C=O) groups excluding carboxylic acids is 1. The number of carboxylic acids is 1. The molecule has 440 valence electrons. The zero-order chi connectivity index (χ0) is 57.8. The molecule has 0 bridgehead atoms. The number of rotatable bonds is 16. The average molecular weight is 1140 g/mol. The van der Waals surface area contributed by atoms with Gasteiger partial charge in [0.25, 0.3) is 0 Å². The molecule has 6 N–H and O–H groups in total. The second-order valence-electron chi connectivity index (χ2n) is 21.4. The number of fused-ring (bicyclic) bond motifs is 2. The van der Waals surface area contributed by atoms with E-state index in [1.54, 1.807) is 18.5 Å². The molecule has 8 heterocycles. The van der Waals surface area contributed by atoms with Crippen molar-refractivity contribution in [1.29, 1.82) is 0 Å². The van der Waals surface area contributed by atoms with E-state index in [4.69, 9.17) is 35.5 Å². The van der Waals surface area contributed by atoms with Gasteiger partial charge in [-0.2, -0.15) is 0 Å². The van der Waals surface area contributed by atoms with Gasteiger partial charge in [0.15, 0.2) is 0 Å². The van der Waals surface area contributed by atoms with Gasteiger partial charge in [-0.15, -0.1) is 0 Å². The normalized spacial score (nSPS) is 18.6. The van der Waals surface area contributed by atoms with Crippen molar-refractivity contribution in [3.05, 3.63) is 158 Å². The molecule has 4 saturated heterocycles. The van der Waals surface area contributed by atoms with E-state index < -0.39 is 5.97 Å². The summed E-state index contributed by atoms with van der Waals surface area (Å²) in [7, 11) is 4.06. The summed E-state index contributed by atoms with van der Waals surface area (Å²) in [6.45, 7) is 12.1. The molecular formula is C65H78N12O7. The predicted molar refractivity (Wildman–Crippen MR) is 330 cm³/mol. The Morgan fingerprint density at radius 3 is 1.55 bits per heavy atom. The molecule has 19 heteroatoms. The summed E-state index contributed by atoms with van der Waals surface area (Å²) in [5.74, 6) is 3.27. The third kappa shape index (κ3) is 14.1. The fourth-order valence-corrected chi connectivity index (χ4v) is 11.6. The van der Waals surface area contributed by atoms with Crippen LogP contribution in [0.5, 0.6) is 23.0 Å². The summed E-state index contributed by atoms with van der Waals surface area (Å²) >= 11 is 0. The van der Waals surface area contributed by atoms with Gasteiger partial charge >= 0.3 is 5.97 Å². The molecule has 4 aromatic carbocycles. The minimum absolute atomic E-state index is 0. The van der Waals surface area contributed by atoms with Crippen LogP contribution in [0.3, 0.4) is 0 Å². The van der Waals surface area contributed by atoms with Gasteiger partial charge in [-0.25, -0.2) is 24.7 Å². The zero-order valence-corrected chi connectivity index (χ0v) is 47.6. The van der Waals surface area contributed by atoms with Crippen LogP contribution in [0.4, 0.5) is 11.6 Å². The molecule has 4 aliphatic heterocycles. The molecule has 8 aromatic rings. The molecule has 4 aromatic heterocycles. The predicted octanol–water partition coefficient (Wildman–Crippen LogP) is 10.1. The number of carboxylic acid groups (broad SMARTS) is 1. The van der Waals surface area contributed by atoms with Crippen LogP contribution in [0.15, 0.2) is 146 Å². The number of para-hydroxylation sites is 2. The molecule has 0 radical (unpaired) electrons. The molecule has 0 spiro atoms. The van der Waals surface area contributed by atoms with E-state index in [2.05, 4.69) is 77.2 Å². The van der Waals surface area contributed by atoms with Crippen LogP contribution in [0.25, 0.3) is 44.3 Å². The number of anilines is 2. The second-order valence-corrected chi connectivity index (χ2v) is 21.4. The molecule has 84 heavy (non-hydrogen) atoms. The first-order valence-corrected chi connectivity index (χ1v) is 28.4. The Hall–Kier alpha value is -8.46. The third-order valence-corrected chi connectivity index (χ3v) is 16.0. The standard InChI is InChI=1S/C32H36N6O3.C23H23N5O.C9H15NO3.CH4/c1-22-29(23-10-12-27(13-11-23)41-26-7-4-3-5-8-26)30-31(33)34-21-35-32(30)38(22)24-14-17-37(19-24)28(39)9-6-16-36(2)25-15-18-40-20-25;1-15-20(16-7-9-19(10-8-16)29-18-5-3-2-4-6-18)21-22(24)26-14-27-23(21)28(15)17-11-12-25-13-17;1-10(5-2-3-9(11)12)8-4-6-13-7-8;/h3-13,21,24-25H,14-20H2,1-2H3,(H2,33,34,35);2-10,14,17,25H,11-13H2,1H3,(H2,24,26,27);2-3,8H,4-7H2,1H3,(H,11,12);1H4/b9-6+;;3-2+;/t24-,25-;17-;8-;/m111./s1. The molecule has 1 amide bonds. The molecule has 0 unspecified atom stereocenters. The lowest BCUT2D eigenvalue weighted by atomic mass is 10.0. The van der Waals surface area contributed by atoms with Crippen LogP contribution in [0, 0.1) is 13.8 Å². The van der Waals surface area contributed by atoms with Crippen LogP contribution in [0.1, 0.15) is 56.6 Å². The van der Waals surface area contributed by atoms with Gasteiger partial charge in [-0.05, 0) is 120 Å². The van der Waals surface area contributed by atoms with E-state index in [1.807, 2.05) is 115 Å². The fourth-order valence-electron chi connectivity index (χ4n) is 11.6. The highest BCUT2D eigenvalue weighted by Crippen LogP contribution is 2.42. The van der Waals surface area contributed by atoms with Crippen molar-refractivity contribution in [1.82, 2.24) is 49.1 Å². The average Bonchev–Trinajstić information content (AvgIpc) is 2.17. The maximum Gasteiger partial charge on any atom is 0.328 e. The number of benzene rings is 4. The number of hydrogen-bond acceptors (Lipinski definition) is 15. The van der Waals surface area contributed by atoms with Crippen LogP contribution in [-0.4, -0.2) is 153 Å². The van der Waals surface area contributed by atoms with Crippen molar-refractivity contribution in [3.63, 3.8) is 0 Å². The highest BCUT2D eigenvalue weighted by atomic mass is 16.5. The molecule has 0 saturated carbocycles. The highest BCUT2D eigenvalue weighted by molar-refractivity contribution is 6.03. The third-order valence-electron chi connectivity index (χ3n) is 16.0. The Labute approximate surface area is 491 Å². The number of nitrogens with zero attached hydrogens (tertiary/aromatic N) is 9. The van der Waals surface area contributed by atoms with Crippen molar-refractivity contribution in [2.24, 2.45) is 0 Å². The first-order chi connectivity index (χ1) is 40.4. The van der Waals surface area contributed by atoms with E-state index in [0.717, 1.165) is 150 Å². The summed E-state index contributed by atoms with van der Waals surface area (Å²) in [4.78, 5) is 47.3. The zero-order valence-electron chi connectivity index (χ0n) is 47.6. The maximum atomic E-state index is 13.0. The van der Waals surface area contributed by atoms with Crippen LogP contribution in [0.2, 0.25) is 0 Å². The van der Waals surface area contributed by atoms with Gasteiger partial charge in [-0.1, -0.05) is 80.2 Å². The quantitative estimate of drug-likeness (QED) is 0.0660. The molecule has 4 atom stereocenters. The van der Waals surface area contributed by atoms with E-state index in [0.29, 0.717) is 49.4 Å². The van der Waals surface area contributed by atoms with Gasteiger partial charge in [0.05, 0.1) is 30.0 Å². The number of likely N-dealkylation sites (tertiary alicyclic amines) is 1. The number of carbonyl (C=O) groups is 2. The van der Waals surface area contributed by atoms with Crippen LogP contribution >= 0.6 is 0 Å². The monoisotopic (exact) mass is 1140 g/mol. The Morgan fingerprint density at radius 2 is 1.11 bits per heavy atom. The van der Waals surface area contributed by atoms with Crippen molar-refractivity contribution in [2.75, 3.05) is 91.3 Å². The molecule has 19 nitrogen and oxygen atoms in total. The second kappa shape index (κ2) is 28.2. The van der Waals surface area contributed by atoms with Crippen LogP contribution in [-0.2, 0) is 19.1 Å². The van der Waals surface area contributed by atoms with Gasteiger partial charge in [0.1, 0.15) is 58.6 Å². The Morgan fingerprint density at radius 1 is 0.643 bits per heavy atom. The smallest absolute Gasteiger partial charge is 0.328 e. The first kappa shape index (κ1) is 60.1. The number of aromatic nitrogens is 6. The van der Waals surface area contributed by atoms with Crippen molar-refractivity contribution in [2.45, 2.75) is 71.1 Å². The van der Waals surface area contributed by atoms with Gasteiger partial charge < -0.3 is 54.9 Å². The van der Waals surface area contributed by atoms with Crippen molar-refractivity contribution >= 4 is 45.6 Å². The molecule has 4 fully saturated rings. The summed E-state index contributed by atoms with van der Waals surface area (Å²) in [5, 5.41) is 13.6. The number of nitrogens with one attached hydrogen (secondary N) is 1. The lowest BCUT2D eigenvalue weighted by Crippen LogP contribution is -2.32. The van der Waals surface area contributed by atoms with Gasteiger partial charge in [-0.3, -0.25) is 14.6 Å². The Bertz CT molecular complexity index is 3520. The number of ether oxygens (including phenoxy) is 4. The number of amides is 1. The molecule has 12 rings (SSSR count). The summed E-state index contributed by atoms with van der Waals surface area (Å²) in [5.41, 5.74) is 20.9. The number of hydrogen-bond donors (Lipinski definition) is 4. The van der Waals surface area contributed by atoms with Crippen LogP contribution < -0.4 is 26.3 Å². The minimum atomic E-state index is -0.893. The Balaban J connectivity index is 0.000000170. The van der Waals surface area contributed by atoms with Gasteiger partial charge in [0.2, 0.25) is 5.91 Å². The van der Waals surface area contributed by atoms with Crippen molar-refractivity contribution < 1.29 is 33.6 Å². The largest absolute Gasteiger partial charge is 0.478 e. The SMILES string of the molecule is C.CN(C/C=C/C(=O)O)[C@@H]1CCOC1.Cc1c(-c2ccc(Oc3ccccc3)cc2)c2c(N)ncnc2n1[C@@H]1CCN(C(=O)/C=C/CN(C)[C@@H]2CCOC2)C1.Cc1c(-c2ccc(Oc3ccccc3)cc2)c2c(N)ncnc2n1[C@@H]1CCNC1. The van der Waals surface area contributed by atoms with E-state index in [1.165, 1.54) is 12.4 Å². The van der Waals surface area contributed by atoms with E-state index >= 15 is 0 Å². The molecule has 4 aliphatic rings. The lowest BCUT2D eigenvalue weighted by Gasteiger charge is -2.21. The molecular weight excluding hydrogens is 1060 g/mol. The summed E-state index contributed by atoms with van der Waals surface area (Å²) in [6.07, 6.45) is 13.6. The number of nitrogens with two attached hydrogens (primary N) is 2. The van der Waals surface area contributed by atoms with E-state index in [9.17, 15) is 9.59 Å². The van der Waals surface area contributed by atoms with Crippen molar-refractivity contribution in [3.8, 4) is 45.3 Å². The number of aliphatic carboxylic acids is 1. The van der Waals surface area contributed by atoms with E-state index in [-0.39, 0.29) is 19.4 Å². The lowest BCUT2D eigenvalue weighted by molar-refractivity contribution is -0.131. The summed E-state index contributed by atoms with van der Waals surface area (Å²) in [6, 6.07) is 37.0. The number of likely N-dealkylation sites (N-methyl/N-ethyl adjacent to an activating group) is 2. The maximum absolute atomic E-state index is 13.0. The molecule has 0 aliphatic carbocycles. The summed E-state index contributed by atoms with van der Waals surface area (Å²) < 4.78 is 27.2. The Kier molecular flexibility index (Phi) is 20.2. The number of nitrogen functional groups attached to an aromatic ring is 2.